The van der Waals surface area contributed by atoms with Gasteiger partial charge in [0.25, 0.3) is 0 Å². The van der Waals surface area contributed by atoms with Crippen molar-refractivity contribution in [1.29, 1.82) is 5.26 Å². The van der Waals surface area contributed by atoms with Crippen molar-refractivity contribution in [2.24, 2.45) is 0 Å². The van der Waals surface area contributed by atoms with E-state index in [-0.39, 0.29) is 5.56 Å². The number of nitrogens with one attached hydrogen (secondary N) is 1. The molecule has 0 atom stereocenters. The predicted molar refractivity (Wildman–Crippen MR) is 77.5 cm³/mol. The zero-order valence-electron chi connectivity index (χ0n) is 10.9. The third-order valence-corrected chi connectivity index (χ3v) is 3.32. The second-order valence-electron chi connectivity index (χ2n) is 4.26. The molecule has 0 aliphatic carbocycles. The maximum Gasteiger partial charge on any atom is 0.215 e. The number of aromatic nitrogens is 3. The normalized spacial score (nSPS) is 10.5. The number of methoxy groups -OCH3 is 1. The standard InChI is InChI=1S/C14H9FN4OS/c1-20-12-5-3-10-13(18-12)19(14(21)17-10)11-4-2-9(15)6-8(11)7-16/h2-6H,1H3,(H,17,21). The van der Waals surface area contributed by atoms with Crippen LogP contribution in [0.25, 0.3) is 16.9 Å². The molecule has 1 N–H and O–H groups in total. The lowest BCUT2D eigenvalue weighted by molar-refractivity contribution is 0.399. The highest BCUT2D eigenvalue weighted by Crippen LogP contribution is 2.23. The van der Waals surface area contributed by atoms with E-state index in [0.29, 0.717) is 27.5 Å². The van der Waals surface area contributed by atoms with Crippen LogP contribution in [-0.4, -0.2) is 21.6 Å². The molecule has 2 aromatic heterocycles. The van der Waals surface area contributed by atoms with Crippen LogP contribution in [0.3, 0.4) is 0 Å². The summed E-state index contributed by atoms with van der Waals surface area (Å²) >= 11 is 5.28. The summed E-state index contributed by atoms with van der Waals surface area (Å²) in [5, 5.41) is 9.19. The highest BCUT2D eigenvalue weighted by atomic mass is 32.1. The SMILES string of the molecule is COc1ccc2[nH]c(=S)n(-c3ccc(F)cc3C#N)c2n1. The first-order chi connectivity index (χ1) is 10.1. The summed E-state index contributed by atoms with van der Waals surface area (Å²) in [5.74, 6) is -0.0573. The van der Waals surface area contributed by atoms with Gasteiger partial charge in [-0.25, -0.2) is 4.39 Å². The molecule has 0 bridgehead atoms. The first kappa shape index (κ1) is 13.3. The molecule has 0 unspecified atom stereocenters. The third-order valence-electron chi connectivity index (χ3n) is 3.04. The molecule has 0 spiro atoms. The van der Waals surface area contributed by atoms with Gasteiger partial charge in [-0.05, 0) is 36.5 Å². The maximum absolute atomic E-state index is 13.3. The highest BCUT2D eigenvalue weighted by molar-refractivity contribution is 7.71. The quantitative estimate of drug-likeness (QED) is 0.738. The van der Waals surface area contributed by atoms with Crippen LogP contribution < -0.4 is 4.74 Å². The van der Waals surface area contributed by atoms with Gasteiger partial charge in [-0.3, -0.25) is 4.57 Å². The lowest BCUT2D eigenvalue weighted by Gasteiger charge is -2.07. The van der Waals surface area contributed by atoms with E-state index in [0.717, 1.165) is 6.07 Å². The molecule has 0 aliphatic rings. The average molecular weight is 300 g/mol. The summed E-state index contributed by atoms with van der Waals surface area (Å²) in [7, 11) is 1.51. The van der Waals surface area contributed by atoms with Gasteiger partial charge >= 0.3 is 0 Å². The Kier molecular flexibility index (Phi) is 3.16. The number of hydrogen-bond donors (Lipinski definition) is 1. The molecule has 5 nitrogen and oxygen atoms in total. The number of aromatic amines is 1. The van der Waals surface area contributed by atoms with Gasteiger partial charge in [0.15, 0.2) is 10.4 Å². The minimum Gasteiger partial charge on any atom is -0.481 e. The molecule has 2 heterocycles. The molecule has 3 aromatic rings. The van der Waals surface area contributed by atoms with Gasteiger partial charge < -0.3 is 9.72 Å². The van der Waals surface area contributed by atoms with Crippen molar-refractivity contribution in [2.45, 2.75) is 0 Å². The molecule has 0 amide bonds. The predicted octanol–water partition coefficient (Wildman–Crippen LogP) is 3.10. The maximum atomic E-state index is 13.3. The minimum absolute atomic E-state index is 0.177. The lowest BCUT2D eigenvalue weighted by Crippen LogP contribution is -2.00. The van der Waals surface area contributed by atoms with Crippen LogP contribution in [0.4, 0.5) is 4.39 Å². The Balaban J connectivity index is 2.37. The Labute approximate surface area is 124 Å². The summed E-state index contributed by atoms with van der Waals surface area (Å²) in [4.78, 5) is 7.33. The van der Waals surface area contributed by atoms with Crippen molar-refractivity contribution in [3.05, 3.63) is 46.5 Å². The van der Waals surface area contributed by atoms with Crippen molar-refractivity contribution >= 4 is 23.4 Å². The molecule has 3 rings (SSSR count). The van der Waals surface area contributed by atoms with Crippen LogP contribution in [0.1, 0.15) is 5.56 Å². The molecule has 104 valence electrons. The Morgan fingerprint density at radius 2 is 2.19 bits per heavy atom. The monoisotopic (exact) mass is 300 g/mol. The molecule has 1 aromatic carbocycles. The number of nitrogens with zero attached hydrogens (tertiary/aromatic N) is 3. The number of hydrogen-bond acceptors (Lipinski definition) is 4. The Hall–Kier alpha value is -2.72. The molecule has 0 saturated carbocycles. The highest BCUT2D eigenvalue weighted by Gasteiger charge is 2.13. The summed E-state index contributed by atoms with van der Waals surface area (Å²) in [6, 6.07) is 9.38. The Morgan fingerprint density at radius 3 is 2.90 bits per heavy atom. The van der Waals surface area contributed by atoms with E-state index >= 15 is 0 Å². The van der Waals surface area contributed by atoms with Crippen LogP contribution in [0.5, 0.6) is 5.88 Å². The molecule has 0 fully saturated rings. The summed E-state index contributed by atoms with van der Waals surface area (Å²) < 4.78 is 20.3. The number of pyridine rings is 1. The summed E-state index contributed by atoms with van der Waals surface area (Å²) in [6.45, 7) is 0. The van der Waals surface area contributed by atoms with Crippen molar-refractivity contribution in [3.8, 4) is 17.6 Å². The van der Waals surface area contributed by atoms with Crippen molar-refractivity contribution in [3.63, 3.8) is 0 Å². The van der Waals surface area contributed by atoms with Crippen molar-refractivity contribution in [2.75, 3.05) is 7.11 Å². The van der Waals surface area contributed by atoms with Gasteiger partial charge in [0, 0.05) is 6.07 Å². The number of imidazole rings is 1. The largest absolute Gasteiger partial charge is 0.481 e. The van der Waals surface area contributed by atoms with E-state index in [2.05, 4.69) is 9.97 Å². The Bertz CT molecular complexity index is 938. The molecular weight excluding hydrogens is 291 g/mol. The average Bonchev–Trinajstić information content (AvgIpc) is 2.82. The zero-order valence-corrected chi connectivity index (χ0v) is 11.7. The smallest absolute Gasteiger partial charge is 0.215 e. The van der Waals surface area contributed by atoms with Crippen LogP contribution >= 0.6 is 12.2 Å². The van der Waals surface area contributed by atoms with Gasteiger partial charge in [0.05, 0.1) is 23.9 Å². The number of halogens is 1. The topological polar surface area (TPSA) is 66.6 Å². The zero-order chi connectivity index (χ0) is 15.0. The lowest BCUT2D eigenvalue weighted by atomic mass is 10.2. The number of benzene rings is 1. The first-order valence-corrected chi connectivity index (χ1v) is 6.40. The van der Waals surface area contributed by atoms with E-state index in [1.54, 1.807) is 16.7 Å². The molecular formula is C14H9FN4OS. The van der Waals surface area contributed by atoms with Gasteiger partial charge in [0.1, 0.15) is 11.9 Å². The van der Waals surface area contributed by atoms with Gasteiger partial charge in [-0.2, -0.15) is 10.2 Å². The fourth-order valence-electron chi connectivity index (χ4n) is 2.10. The van der Waals surface area contributed by atoms with Crippen LogP contribution in [0.2, 0.25) is 0 Å². The molecule has 7 heteroatoms. The fourth-order valence-corrected chi connectivity index (χ4v) is 2.39. The van der Waals surface area contributed by atoms with Crippen molar-refractivity contribution in [1.82, 2.24) is 14.5 Å². The van der Waals surface area contributed by atoms with Gasteiger partial charge in [-0.1, -0.05) is 0 Å². The number of nitriles is 1. The minimum atomic E-state index is -0.479. The molecule has 21 heavy (non-hydrogen) atoms. The first-order valence-electron chi connectivity index (χ1n) is 6.00. The van der Waals surface area contributed by atoms with E-state index in [4.69, 9.17) is 17.0 Å². The number of ether oxygens (including phenoxy) is 1. The van der Waals surface area contributed by atoms with Crippen LogP contribution in [0, 0.1) is 21.9 Å². The van der Waals surface area contributed by atoms with Crippen LogP contribution in [0.15, 0.2) is 30.3 Å². The fraction of sp³-hybridized carbons (Fsp3) is 0.0714. The summed E-state index contributed by atoms with van der Waals surface area (Å²) in [5.41, 5.74) is 1.86. The van der Waals surface area contributed by atoms with Gasteiger partial charge in [0.2, 0.25) is 5.88 Å². The molecule has 0 aliphatic heterocycles. The number of fused-ring (bicyclic) bond motifs is 1. The van der Waals surface area contributed by atoms with E-state index in [1.165, 1.54) is 19.2 Å². The third kappa shape index (κ3) is 2.15. The second kappa shape index (κ2) is 5.00. The number of rotatable bonds is 2. The second-order valence-corrected chi connectivity index (χ2v) is 4.65. The van der Waals surface area contributed by atoms with Crippen molar-refractivity contribution < 1.29 is 9.13 Å². The van der Waals surface area contributed by atoms with E-state index < -0.39 is 5.82 Å². The van der Waals surface area contributed by atoms with E-state index in [9.17, 15) is 9.65 Å². The molecule has 0 saturated heterocycles. The number of H-pyrrole nitrogens is 1. The molecule has 0 radical (unpaired) electrons. The summed E-state index contributed by atoms with van der Waals surface area (Å²) in [6.07, 6.45) is 0. The van der Waals surface area contributed by atoms with Gasteiger partial charge in [-0.15, -0.1) is 0 Å². The van der Waals surface area contributed by atoms with Crippen LogP contribution in [-0.2, 0) is 0 Å². The van der Waals surface area contributed by atoms with E-state index in [1.807, 2.05) is 6.07 Å². The Morgan fingerprint density at radius 1 is 1.38 bits per heavy atom.